The van der Waals surface area contributed by atoms with Crippen molar-refractivity contribution in [3.8, 4) is 0 Å². The number of carbonyl (C=O) groups excluding carboxylic acids is 1. The lowest BCUT2D eigenvalue weighted by atomic mass is 9.91. The molecule has 0 radical (unpaired) electrons. The van der Waals surface area contributed by atoms with Gasteiger partial charge in [0, 0.05) is 26.7 Å². The van der Waals surface area contributed by atoms with E-state index in [1.807, 2.05) is 14.0 Å². The fraction of sp³-hybridized carbons (Fsp3) is 0.933. The average molecular weight is 284 g/mol. The summed E-state index contributed by atoms with van der Waals surface area (Å²) in [5.74, 6) is 0.338. The predicted molar refractivity (Wildman–Crippen MR) is 77.6 cm³/mol. The van der Waals surface area contributed by atoms with E-state index in [2.05, 4.69) is 10.2 Å². The van der Waals surface area contributed by atoms with E-state index in [0.29, 0.717) is 18.6 Å². The molecule has 5 heteroatoms. The molecule has 1 unspecified atom stereocenters. The number of methoxy groups -OCH3 is 1. The van der Waals surface area contributed by atoms with Crippen LogP contribution in [0.1, 0.15) is 32.6 Å². The lowest BCUT2D eigenvalue weighted by Gasteiger charge is -2.39. The first-order valence-electron chi connectivity index (χ1n) is 7.77. The van der Waals surface area contributed by atoms with E-state index in [0.717, 1.165) is 45.3 Å². The van der Waals surface area contributed by atoms with Gasteiger partial charge in [-0.1, -0.05) is 0 Å². The molecular weight excluding hydrogens is 256 g/mol. The number of ether oxygens (including phenoxy) is 2. The van der Waals surface area contributed by atoms with Crippen molar-refractivity contribution in [3.05, 3.63) is 0 Å². The molecule has 5 nitrogen and oxygen atoms in total. The number of likely N-dealkylation sites (tertiary alicyclic amines) is 1. The van der Waals surface area contributed by atoms with Gasteiger partial charge in [0.2, 0.25) is 0 Å². The highest BCUT2D eigenvalue weighted by molar-refractivity contribution is 5.82. The smallest absolute Gasteiger partial charge is 0.327 e. The standard InChI is InChI=1S/C15H28N2O3/c1-4-20-14(18)15(16-2,12-5-6-12)11-17-9-7-13(19-3)8-10-17/h12-13,16H,4-11H2,1-3H3. The van der Waals surface area contributed by atoms with Gasteiger partial charge in [-0.25, -0.2) is 4.79 Å². The molecule has 0 aromatic heterocycles. The molecule has 0 bridgehead atoms. The van der Waals surface area contributed by atoms with Gasteiger partial charge in [-0.3, -0.25) is 0 Å². The number of carbonyl (C=O) groups is 1. The third-order valence-corrected chi connectivity index (χ3v) is 4.70. The minimum Gasteiger partial charge on any atom is -0.465 e. The highest BCUT2D eigenvalue weighted by atomic mass is 16.5. The molecule has 20 heavy (non-hydrogen) atoms. The van der Waals surface area contributed by atoms with Crippen LogP contribution in [0.3, 0.4) is 0 Å². The Hall–Kier alpha value is -0.650. The van der Waals surface area contributed by atoms with E-state index in [9.17, 15) is 4.79 Å². The van der Waals surface area contributed by atoms with Crippen LogP contribution < -0.4 is 5.32 Å². The molecule has 1 N–H and O–H groups in total. The number of hydrogen-bond acceptors (Lipinski definition) is 5. The van der Waals surface area contributed by atoms with E-state index in [1.165, 1.54) is 0 Å². The van der Waals surface area contributed by atoms with Crippen molar-refractivity contribution < 1.29 is 14.3 Å². The zero-order valence-electron chi connectivity index (χ0n) is 13.0. The molecule has 1 saturated carbocycles. The summed E-state index contributed by atoms with van der Waals surface area (Å²) in [6.45, 7) is 5.06. The number of esters is 1. The molecule has 1 aliphatic carbocycles. The third kappa shape index (κ3) is 3.32. The highest BCUT2D eigenvalue weighted by Gasteiger charge is 2.52. The molecule has 116 valence electrons. The molecule has 2 rings (SSSR count). The van der Waals surface area contributed by atoms with Crippen LogP contribution >= 0.6 is 0 Å². The van der Waals surface area contributed by atoms with Crippen LogP contribution in [-0.2, 0) is 14.3 Å². The van der Waals surface area contributed by atoms with E-state index >= 15 is 0 Å². The van der Waals surface area contributed by atoms with Gasteiger partial charge in [0.1, 0.15) is 5.54 Å². The maximum absolute atomic E-state index is 12.4. The number of rotatable bonds is 7. The van der Waals surface area contributed by atoms with Gasteiger partial charge < -0.3 is 19.7 Å². The van der Waals surface area contributed by atoms with Crippen molar-refractivity contribution in [1.29, 1.82) is 0 Å². The third-order valence-electron chi connectivity index (χ3n) is 4.70. The molecule has 0 aromatic carbocycles. The van der Waals surface area contributed by atoms with Gasteiger partial charge >= 0.3 is 5.97 Å². The molecule has 0 aromatic rings. The molecule has 2 fully saturated rings. The number of nitrogens with zero attached hydrogens (tertiary/aromatic N) is 1. The van der Waals surface area contributed by atoms with E-state index < -0.39 is 5.54 Å². The van der Waals surface area contributed by atoms with Gasteiger partial charge in [0.25, 0.3) is 0 Å². The monoisotopic (exact) mass is 284 g/mol. The normalized spacial score (nSPS) is 24.4. The molecule has 1 saturated heterocycles. The van der Waals surface area contributed by atoms with Crippen LogP contribution in [0.25, 0.3) is 0 Å². The summed E-state index contributed by atoms with van der Waals surface area (Å²) >= 11 is 0. The molecule has 2 aliphatic rings. The Morgan fingerprint density at radius 1 is 1.30 bits per heavy atom. The van der Waals surface area contributed by atoms with E-state index in [1.54, 1.807) is 7.11 Å². The molecule has 0 amide bonds. The van der Waals surface area contributed by atoms with Gasteiger partial charge in [-0.05, 0) is 45.6 Å². The molecule has 1 atom stereocenters. The first kappa shape index (κ1) is 15.7. The second kappa shape index (κ2) is 6.87. The maximum Gasteiger partial charge on any atom is 0.327 e. The lowest BCUT2D eigenvalue weighted by Crippen LogP contribution is -2.61. The van der Waals surface area contributed by atoms with Crippen LogP contribution in [0.15, 0.2) is 0 Å². The number of piperidine rings is 1. The van der Waals surface area contributed by atoms with Crippen LogP contribution in [0.5, 0.6) is 0 Å². The summed E-state index contributed by atoms with van der Waals surface area (Å²) in [5.41, 5.74) is -0.518. The van der Waals surface area contributed by atoms with Crippen molar-refractivity contribution in [2.75, 3.05) is 40.4 Å². The largest absolute Gasteiger partial charge is 0.465 e. The second-order valence-corrected chi connectivity index (χ2v) is 5.93. The molecule has 0 spiro atoms. The summed E-state index contributed by atoms with van der Waals surface area (Å²) in [6.07, 6.45) is 4.70. The van der Waals surface area contributed by atoms with Gasteiger partial charge in [-0.2, -0.15) is 0 Å². The second-order valence-electron chi connectivity index (χ2n) is 5.93. The summed E-state index contributed by atoms with van der Waals surface area (Å²) < 4.78 is 10.7. The SMILES string of the molecule is CCOC(=O)C(CN1CCC(OC)CC1)(NC)C1CC1. The number of nitrogens with one attached hydrogen (secondary N) is 1. The van der Waals surface area contributed by atoms with E-state index in [4.69, 9.17) is 9.47 Å². The average Bonchev–Trinajstić information content (AvgIpc) is 3.30. The Labute approximate surface area is 122 Å². The Morgan fingerprint density at radius 3 is 2.40 bits per heavy atom. The number of hydrogen-bond donors (Lipinski definition) is 1. The molecule has 1 aliphatic heterocycles. The van der Waals surface area contributed by atoms with E-state index in [-0.39, 0.29) is 5.97 Å². The van der Waals surface area contributed by atoms with Crippen molar-refractivity contribution in [2.24, 2.45) is 5.92 Å². The highest BCUT2D eigenvalue weighted by Crippen LogP contribution is 2.41. The zero-order valence-corrected chi connectivity index (χ0v) is 13.0. The predicted octanol–water partition coefficient (Wildman–Crippen LogP) is 1.03. The number of likely N-dealkylation sites (N-methyl/N-ethyl adjacent to an activating group) is 1. The minimum absolute atomic E-state index is 0.0844. The first-order valence-corrected chi connectivity index (χ1v) is 7.77. The Kier molecular flexibility index (Phi) is 5.41. The van der Waals surface area contributed by atoms with Crippen molar-refractivity contribution in [3.63, 3.8) is 0 Å². The summed E-state index contributed by atoms with van der Waals surface area (Å²) in [4.78, 5) is 14.8. The molecular formula is C15H28N2O3. The fourth-order valence-electron chi connectivity index (χ4n) is 3.24. The minimum atomic E-state index is -0.518. The summed E-state index contributed by atoms with van der Waals surface area (Å²) in [6, 6.07) is 0. The quantitative estimate of drug-likeness (QED) is 0.708. The first-order chi connectivity index (χ1) is 9.66. The maximum atomic E-state index is 12.4. The lowest BCUT2D eigenvalue weighted by molar-refractivity contribution is -0.153. The van der Waals surface area contributed by atoms with Gasteiger partial charge in [0.05, 0.1) is 12.7 Å². The van der Waals surface area contributed by atoms with Crippen molar-refractivity contribution in [2.45, 2.75) is 44.2 Å². The summed E-state index contributed by atoms with van der Waals surface area (Å²) in [7, 11) is 3.66. The Bertz CT molecular complexity index is 325. The Balaban J connectivity index is 1.99. The van der Waals surface area contributed by atoms with Gasteiger partial charge in [0.15, 0.2) is 0 Å². The van der Waals surface area contributed by atoms with Gasteiger partial charge in [-0.15, -0.1) is 0 Å². The van der Waals surface area contributed by atoms with Crippen LogP contribution in [0, 0.1) is 5.92 Å². The van der Waals surface area contributed by atoms with Crippen LogP contribution in [0.4, 0.5) is 0 Å². The van der Waals surface area contributed by atoms with Crippen molar-refractivity contribution in [1.82, 2.24) is 10.2 Å². The molecule has 1 heterocycles. The Morgan fingerprint density at radius 2 is 1.95 bits per heavy atom. The topological polar surface area (TPSA) is 50.8 Å². The summed E-state index contributed by atoms with van der Waals surface area (Å²) in [5, 5.41) is 3.29. The zero-order chi connectivity index (χ0) is 14.6. The fourth-order valence-corrected chi connectivity index (χ4v) is 3.24. The van der Waals surface area contributed by atoms with Crippen LogP contribution in [0.2, 0.25) is 0 Å². The van der Waals surface area contributed by atoms with Crippen molar-refractivity contribution >= 4 is 5.97 Å². The van der Waals surface area contributed by atoms with Crippen LogP contribution in [-0.4, -0.2) is 62.9 Å².